The Morgan fingerprint density at radius 3 is 2.38 bits per heavy atom. The Kier molecular flexibility index (Phi) is 7.30. The van der Waals surface area contributed by atoms with Gasteiger partial charge in [0.2, 0.25) is 0 Å². The molecular formula is C23H14IN3O5. The van der Waals surface area contributed by atoms with E-state index in [4.69, 9.17) is 4.74 Å². The number of ether oxygens (including phenoxy) is 1. The lowest BCUT2D eigenvalue weighted by Crippen LogP contribution is -2.13. The second-order valence-corrected chi connectivity index (χ2v) is 7.64. The average molecular weight is 539 g/mol. The number of carbonyl (C=O) groups excluding carboxylic acids is 2. The van der Waals surface area contributed by atoms with E-state index in [1.54, 1.807) is 24.3 Å². The van der Waals surface area contributed by atoms with E-state index in [9.17, 15) is 25.0 Å². The fourth-order valence-corrected chi connectivity index (χ4v) is 2.95. The smallest absolute Gasteiger partial charge is 0.343 e. The van der Waals surface area contributed by atoms with Gasteiger partial charge in [0.15, 0.2) is 0 Å². The zero-order valence-corrected chi connectivity index (χ0v) is 18.5. The van der Waals surface area contributed by atoms with E-state index < -0.39 is 16.8 Å². The minimum absolute atomic E-state index is 0.0437. The number of nitrogens with one attached hydrogen (secondary N) is 1. The van der Waals surface area contributed by atoms with Crippen LogP contribution in [0.2, 0.25) is 0 Å². The Labute approximate surface area is 196 Å². The molecule has 9 heteroatoms. The molecule has 0 saturated carbocycles. The lowest BCUT2D eigenvalue weighted by molar-refractivity contribution is -0.384. The van der Waals surface area contributed by atoms with E-state index in [0.717, 1.165) is 9.64 Å². The lowest BCUT2D eigenvalue weighted by Gasteiger charge is -2.06. The van der Waals surface area contributed by atoms with Gasteiger partial charge in [-0.05, 0) is 76.7 Å². The summed E-state index contributed by atoms with van der Waals surface area (Å²) in [5.74, 6) is -1.08. The van der Waals surface area contributed by atoms with Gasteiger partial charge in [0.1, 0.15) is 17.4 Å². The number of halogens is 1. The van der Waals surface area contributed by atoms with E-state index in [1.165, 1.54) is 36.4 Å². The van der Waals surface area contributed by atoms with Crippen molar-refractivity contribution in [1.29, 1.82) is 5.26 Å². The van der Waals surface area contributed by atoms with E-state index in [-0.39, 0.29) is 22.6 Å². The average Bonchev–Trinajstić information content (AvgIpc) is 2.80. The van der Waals surface area contributed by atoms with Crippen LogP contribution in [0.3, 0.4) is 0 Å². The summed E-state index contributed by atoms with van der Waals surface area (Å²) in [7, 11) is 0. The molecule has 0 fully saturated rings. The number of amides is 1. The molecule has 3 aromatic rings. The van der Waals surface area contributed by atoms with E-state index in [0.29, 0.717) is 11.3 Å². The van der Waals surface area contributed by atoms with Crippen molar-refractivity contribution in [3.8, 4) is 11.8 Å². The van der Waals surface area contributed by atoms with Gasteiger partial charge in [0, 0.05) is 21.4 Å². The summed E-state index contributed by atoms with van der Waals surface area (Å²) in [5.41, 5.74) is 0.856. The quantitative estimate of drug-likeness (QED) is 0.0899. The Morgan fingerprint density at radius 2 is 1.75 bits per heavy atom. The molecule has 158 valence electrons. The highest BCUT2D eigenvalue weighted by atomic mass is 127. The summed E-state index contributed by atoms with van der Waals surface area (Å²) in [6, 6.07) is 20.4. The number of nitriles is 1. The molecule has 0 bridgehead atoms. The maximum absolute atomic E-state index is 12.4. The molecule has 0 saturated heterocycles. The molecule has 0 aliphatic carbocycles. The lowest BCUT2D eigenvalue weighted by atomic mass is 10.1. The summed E-state index contributed by atoms with van der Waals surface area (Å²) in [6.45, 7) is 0. The molecule has 3 aromatic carbocycles. The molecule has 0 aromatic heterocycles. The topological polar surface area (TPSA) is 122 Å². The number of nitro benzene ring substituents is 1. The predicted molar refractivity (Wildman–Crippen MR) is 126 cm³/mol. The van der Waals surface area contributed by atoms with Gasteiger partial charge in [-0.2, -0.15) is 5.26 Å². The Hall–Kier alpha value is -4.04. The van der Waals surface area contributed by atoms with Crippen molar-refractivity contribution >= 4 is 51.9 Å². The number of rotatable bonds is 6. The van der Waals surface area contributed by atoms with Crippen molar-refractivity contribution in [3.05, 3.63) is 103 Å². The highest BCUT2D eigenvalue weighted by molar-refractivity contribution is 14.1. The first kappa shape index (κ1) is 22.6. The van der Waals surface area contributed by atoms with Gasteiger partial charge in [-0.15, -0.1) is 0 Å². The molecule has 0 aliphatic rings. The third kappa shape index (κ3) is 5.99. The number of non-ortho nitro benzene ring substituents is 1. The molecule has 8 nitrogen and oxygen atoms in total. The first-order valence-corrected chi connectivity index (χ1v) is 10.2. The SMILES string of the molecule is N#C/C(=C/c1ccc(OC(=O)c2cccc([N+](=O)[O-])c2)cc1)C(=O)Nc1ccc(I)cc1. The largest absolute Gasteiger partial charge is 0.423 e. The summed E-state index contributed by atoms with van der Waals surface area (Å²) < 4.78 is 6.25. The van der Waals surface area contributed by atoms with Gasteiger partial charge in [0.25, 0.3) is 11.6 Å². The van der Waals surface area contributed by atoms with Crippen LogP contribution in [0.5, 0.6) is 5.75 Å². The summed E-state index contributed by atoms with van der Waals surface area (Å²) in [4.78, 5) is 34.8. The zero-order valence-electron chi connectivity index (χ0n) is 16.3. The highest BCUT2D eigenvalue weighted by Gasteiger charge is 2.14. The minimum atomic E-state index is -0.744. The molecule has 0 heterocycles. The number of carbonyl (C=O) groups is 2. The molecule has 0 radical (unpaired) electrons. The zero-order chi connectivity index (χ0) is 23.1. The van der Waals surface area contributed by atoms with Gasteiger partial charge in [-0.3, -0.25) is 14.9 Å². The van der Waals surface area contributed by atoms with Crippen molar-refractivity contribution < 1.29 is 19.2 Å². The van der Waals surface area contributed by atoms with Gasteiger partial charge in [-0.1, -0.05) is 18.2 Å². The first-order chi connectivity index (χ1) is 15.4. The number of esters is 1. The van der Waals surface area contributed by atoms with Crippen molar-refractivity contribution in [2.45, 2.75) is 0 Å². The first-order valence-electron chi connectivity index (χ1n) is 9.11. The normalized spacial score (nSPS) is 10.7. The fourth-order valence-electron chi connectivity index (χ4n) is 2.59. The maximum atomic E-state index is 12.4. The second-order valence-electron chi connectivity index (χ2n) is 6.40. The van der Waals surface area contributed by atoms with Crippen molar-refractivity contribution in [3.63, 3.8) is 0 Å². The van der Waals surface area contributed by atoms with Crippen LogP contribution in [0.25, 0.3) is 6.08 Å². The third-order valence-corrected chi connectivity index (χ3v) is 4.88. The van der Waals surface area contributed by atoms with Gasteiger partial charge in [-0.25, -0.2) is 4.79 Å². The minimum Gasteiger partial charge on any atom is -0.423 e. The molecule has 0 spiro atoms. The predicted octanol–water partition coefficient (Wildman–Crippen LogP) is 4.96. The molecule has 3 rings (SSSR count). The monoisotopic (exact) mass is 539 g/mol. The molecule has 0 atom stereocenters. The van der Waals surface area contributed by atoms with E-state index in [2.05, 4.69) is 27.9 Å². The van der Waals surface area contributed by atoms with Crippen LogP contribution in [0.1, 0.15) is 15.9 Å². The van der Waals surface area contributed by atoms with Crippen LogP contribution >= 0.6 is 22.6 Å². The van der Waals surface area contributed by atoms with Crippen molar-refractivity contribution in [2.75, 3.05) is 5.32 Å². The van der Waals surface area contributed by atoms with Crippen molar-refractivity contribution in [2.24, 2.45) is 0 Å². The maximum Gasteiger partial charge on any atom is 0.343 e. The van der Waals surface area contributed by atoms with Crippen LogP contribution in [-0.2, 0) is 4.79 Å². The van der Waals surface area contributed by atoms with E-state index in [1.807, 2.05) is 18.2 Å². The summed E-state index contributed by atoms with van der Waals surface area (Å²) in [5, 5.41) is 22.8. The van der Waals surface area contributed by atoms with Crippen LogP contribution in [0.4, 0.5) is 11.4 Å². The molecule has 0 unspecified atom stereocenters. The number of nitro groups is 1. The summed E-state index contributed by atoms with van der Waals surface area (Å²) in [6.07, 6.45) is 1.41. The Balaban J connectivity index is 1.69. The Morgan fingerprint density at radius 1 is 1.06 bits per heavy atom. The molecule has 32 heavy (non-hydrogen) atoms. The third-order valence-electron chi connectivity index (χ3n) is 4.16. The van der Waals surface area contributed by atoms with Gasteiger partial charge in [0.05, 0.1) is 10.5 Å². The second kappa shape index (κ2) is 10.3. The standard InChI is InChI=1S/C23H14IN3O5/c24-18-6-8-19(9-7-18)26-22(28)17(14-25)12-15-4-10-21(11-5-15)32-23(29)16-2-1-3-20(13-16)27(30)31/h1-13H,(H,26,28)/b17-12-. The van der Waals surface area contributed by atoms with Crippen LogP contribution in [0, 0.1) is 25.0 Å². The van der Waals surface area contributed by atoms with Gasteiger partial charge >= 0.3 is 5.97 Å². The van der Waals surface area contributed by atoms with Crippen LogP contribution in [0.15, 0.2) is 78.4 Å². The Bertz CT molecular complexity index is 1250. The highest BCUT2D eigenvalue weighted by Crippen LogP contribution is 2.19. The number of hydrogen-bond donors (Lipinski definition) is 1. The summed E-state index contributed by atoms with van der Waals surface area (Å²) >= 11 is 2.15. The van der Waals surface area contributed by atoms with E-state index >= 15 is 0 Å². The molecular weight excluding hydrogens is 525 g/mol. The van der Waals surface area contributed by atoms with Crippen molar-refractivity contribution in [1.82, 2.24) is 0 Å². The number of benzene rings is 3. The molecule has 1 amide bonds. The van der Waals surface area contributed by atoms with Crippen LogP contribution < -0.4 is 10.1 Å². The van der Waals surface area contributed by atoms with Crippen LogP contribution in [-0.4, -0.2) is 16.8 Å². The van der Waals surface area contributed by atoms with Gasteiger partial charge < -0.3 is 10.1 Å². The molecule has 1 N–H and O–H groups in total. The number of anilines is 1. The fraction of sp³-hybridized carbons (Fsp3) is 0. The number of nitrogens with zero attached hydrogens (tertiary/aromatic N) is 2. The molecule has 0 aliphatic heterocycles. The number of hydrogen-bond acceptors (Lipinski definition) is 6.